The van der Waals surface area contributed by atoms with Crippen molar-refractivity contribution < 1.29 is 14.3 Å². The van der Waals surface area contributed by atoms with Crippen LogP contribution in [0.5, 0.6) is 5.75 Å². The molecule has 170 valence electrons. The minimum absolute atomic E-state index is 0.0148. The van der Waals surface area contributed by atoms with Crippen molar-refractivity contribution in [3.05, 3.63) is 53.6 Å². The monoisotopic (exact) mass is 453 g/mol. The number of amides is 1. The summed E-state index contributed by atoms with van der Waals surface area (Å²) in [6.45, 7) is 11.0. The predicted octanol–water partition coefficient (Wildman–Crippen LogP) is 4.47. The lowest BCUT2D eigenvalue weighted by atomic mass is 10.0. The SMILES string of the molecule is Cc1ccc2nc(N(CCN3CCOCC3)C(=O)COc3ccc(C(C)C)cc3)sc2c1. The van der Waals surface area contributed by atoms with Gasteiger partial charge in [-0.15, -0.1) is 0 Å². The molecule has 6 nitrogen and oxygen atoms in total. The van der Waals surface area contributed by atoms with Crippen molar-refractivity contribution in [3.8, 4) is 5.75 Å². The highest BCUT2D eigenvalue weighted by molar-refractivity contribution is 7.22. The van der Waals surface area contributed by atoms with E-state index in [1.54, 1.807) is 16.2 Å². The van der Waals surface area contributed by atoms with Gasteiger partial charge in [-0.2, -0.15) is 0 Å². The Bertz CT molecular complexity index is 1040. The van der Waals surface area contributed by atoms with Gasteiger partial charge in [0.1, 0.15) is 5.75 Å². The van der Waals surface area contributed by atoms with Crippen LogP contribution in [0, 0.1) is 6.92 Å². The molecule has 0 atom stereocenters. The van der Waals surface area contributed by atoms with E-state index in [0.29, 0.717) is 18.2 Å². The molecule has 1 aliphatic rings. The maximum atomic E-state index is 13.2. The number of hydrogen-bond donors (Lipinski definition) is 0. The van der Waals surface area contributed by atoms with E-state index in [-0.39, 0.29) is 12.5 Å². The predicted molar refractivity (Wildman–Crippen MR) is 130 cm³/mol. The highest BCUT2D eigenvalue weighted by Crippen LogP contribution is 2.30. The summed E-state index contributed by atoms with van der Waals surface area (Å²) in [5, 5.41) is 0.725. The topological polar surface area (TPSA) is 54.9 Å². The summed E-state index contributed by atoms with van der Waals surface area (Å²) >= 11 is 1.56. The molecule has 1 aromatic heterocycles. The molecule has 1 fully saturated rings. The van der Waals surface area contributed by atoms with Crippen LogP contribution in [0.2, 0.25) is 0 Å². The number of hydrogen-bond acceptors (Lipinski definition) is 6. The number of carbonyl (C=O) groups is 1. The van der Waals surface area contributed by atoms with Crippen molar-refractivity contribution in [2.24, 2.45) is 0 Å². The van der Waals surface area contributed by atoms with Gasteiger partial charge in [0.2, 0.25) is 0 Å². The largest absolute Gasteiger partial charge is 0.484 e. The van der Waals surface area contributed by atoms with Gasteiger partial charge in [-0.1, -0.05) is 43.4 Å². The summed E-state index contributed by atoms with van der Waals surface area (Å²) in [7, 11) is 0. The summed E-state index contributed by atoms with van der Waals surface area (Å²) in [5.74, 6) is 1.09. The van der Waals surface area contributed by atoms with Gasteiger partial charge < -0.3 is 9.47 Å². The van der Waals surface area contributed by atoms with E-state index in [2.05, 4.69) is 49.9 Å². The molecule has 0 aliphatic carbocycles. The number of morpholine rings is 1. The zero-order valence-corrected chi connectivity index (χ0v) is 19.9. The first kappa shape index (κ1) is 22.7. The molecule has 2 heterocycles. The standard InChI is InChI=1S/C25H31N3O3S/c1-18(2)20-5-7-21(8-6-20)31-17-24(29)28(11-10-27-12-14-30-15-13-27)25-26-22-9-4-19(3)16-23(22)32-25/h4-9,16,18H,10-15,17H2,1-3H3. The Morgan fingerprint density at radius 3 is 2.66 bits per heavy atom. The summed E-state index contributed by atoms with van der Waals surface area (Å²) in [6, 6.07) is 14.2. The number of aryl methyl sites for hydroxylation is 1. The Kier molecular flexibility index (Phi) is 7.40. The average molecular weight is 454 g/mol. The lowest BCUT2D eigenvalue weighted by Crippen LogP contribution is -2.44. The first-order valence-electron chi connectivity index (χ1n) is 11.2. The van der Waals surface area contributed by atoms with Gasteiger partial charge in [0.15, 0.2) is 11.7 Å². The fourth-order valence-electron chi connectivity index (χ4n) is 3.70. The molecule has 32 heavy (non-hydrogen) atoms. The van der Waals surface area contributed by atoms with E-state index in [0.717, 1.165) is 48.2 Å². The Balaban J connectivity index is 1.48. The maximum Gasteiger partial charge on any atom is 0.266 e. The summed E-state index contributed by atoms with van der Waals surface area (Å²) in [4.78, 5) is 22.1. The van der Waals surface area contributed by atoms with E-state index < -0.39 is 0 Å². The molecule has 0 bridgehead atoms. The van der Waals surface area contributed by atoms with E-state index in [9.17, 15) is 4.79 Å². The molecule has 4 rings (SSSR count). The number of benzene rings is 2. The molecule has 3 aromatic rings. The molecule has 1 amide bonds. The fourth-order valence-corrected chi connectivity index (χ4v) is 4.81. The quantitative estimate of drug-likeness (QED) is 0.504. The number of rotatable bonds is 8. The fraction of sp³-hybridized carbons (Fsp3) is 0.440. The Morgan fingerprint density at radius 2 is 1.94 bits per heavy atom. The smallest absolute Gasteiger partial charge is 0.266 e. The van der Waals surface area contributed by atoms with Crippen molar-refractivity contribution >= 4 is 32.6 Å². The number of anilines is 1. The first-order chi connectivity index (χ1) is 15.5. The van der Waals surface area contributed by atoms with Crippen LogP contribution >= 0.6 is 11.3 Å². The van der Waals surface area contributed by atoms with Crippen LogP contribution in [0.4, 0.5) is 5.13 Å². The number of ether oxygens (including phenoxy) is 2. The lowest BCUT2D eigenvalue weighted by molar-refractivity contribution is -0.120. The van der Waals surface area contributed by atoms with Crippen LogP contribution in [0.3, 0.4) is 0 Å². The summed E-state index contributed by atoms with van der Waals surface area (Å²) < 4.78 is 12.4. The molecule has 0 unspecified atom stereocenters. The third kappa shape index (κ3) is 5.65. The highest BCUT2D eigenvalue weighted by atomic mass is 32.1. The van der Waals surface area contributed by atoms with Gasteiger partial charge >= 0.3 is 0 Å². The Morgan fingerprint density at radius 1 is 1.19 bits per heavy atom. The molecular weight excluding hydrogens is 422 g/mol. The van der Waals surface area contributed by atoms with Gasteiger partial charge in [-0.25, -0.2) is 4.98 Å². The number of fused-ring (bicyclic) bond motifs is 1. The van der Waals surface area contributed by atoms with E-state index in [1.165, 1.54) is 11.1 Å². The van der Waals surface area contributed by atoms with Gasteiger partial charge in [0.05, 0.1) is 23.4 Å². The van der Waals surface area contributed by atoms with Crippen LogP contribution in [-0.4, -0.2) is 61.8 Å². The minimum atomic E-state index is -0.0815. The van der Waals surface area contributed by atoms with Crippen molar-refractivity contribution in [2.45, 2.75) is 26.7 Å². The molecule has 1 aliphatic heterocycles. The van der Waals surface area contributed by atoms with Crippen molar-refractivity contribution in [1.29, 1.82) is 0 Å². The molecule has 0 radical (unpaired) electrons. The van der Waals surface area contributed by atoms with Crippen LogP contribution in [0.1, 0.15) is 30.9 Å². The van der Waals surface area contributed by atoms with Crippen molar-refractivity contribution in [2.75, 3.05) is 50.9 Å². The first-order valence-corrected chi connectivity index (χ1v) is 12.0. The zero-order chi connectivity index (χ0) is 22.5. The Labute approximate surface area is 193 Å². The van der Waals surface area contributed by atoms with E-state index >= 15 is 0 Å². The molecule has 1 saturated heterocycles. The van der Waals surface area contributed by atoms with Crippen LogP contribution in [0.25, 0.3) is 10.2 Å². The van der Waals surface area contributed by atoms with E-state index in [1.807, 2.05) is 18.2 Å². The Hall–Kier alpha value is -2.48. The van der Waals surface area contributed by atoms with Gasteiger partial charge in [-0.05, 0) is 48.2 Å². The number of carbonyl (C=O) groups excluding carboxylic acids is 1. The van der Waals surface area contributed by atoms with Gasteiger partial charge in [0.25, 0.3) is 5.91 Å². The van der Waals surface area contributed by atoms with Crippen molar-refractivity contribution in [3.63, 3.8) is 0 Å². The van der Waals surface area contributed by atoms with Crippen LogP contribution < -0.4 is 9.64 Å². The molecule has 2 aromatic carbocycles. The average Bonchev–Trinajstić information content (AvgIpc) is 3.21. The number of aromatic nitrogens is 1. The number of thiazole rings is 1. The zero-order valence-electron chi connectivity index (χ0n) is 19.0. The summed E-state index contributed by atoms with van der Waals surface area (Å²) in [5.41, 5.74) is 3.36. The second-order valence-electron chi connectivity index (χ2n) is 8.48. The van der Waals surface area contributed by atoms with Crippen LogP contribution in [-0.2, 0) is 9.53 Å². The highest BCUT2D eigenvalue weighted by Gasteiger charge is 2.22. The third-order valence-corrected chi connectivity index (χ3v) is 6.76. The molecule has 0 N–H and O–H groups in total. The molecule has 7 heteroatoms. The van der Waals surface area contributed by atoms with Gasteiger partial charge in [-0.3, -0.25) is 14.6 Å². The third-order valence-electron chi connectivity index (χ3n) is 5.72. The molecule has 0 saturated carbocycles. The van der Waals surface area contributed by atoms with Crippen molar-refractivity contribution in [1.82, 2.24) is 9.88 Å². The second kappa shape index (κ2) is 10.4. The second-order valence-corrected chi connectivity index (χ2v) is 9.49. The van der Waals surface area contributed by atoms with Crippen LogP contribution in [0.15, 0.2) is 42.5 Å². The molecular formula is C25H31N3O3S. The van der Waals surface area contributed by atoms with Gasteiger partial charge in [0, 0.05) is 26.2 Å². The maximum absolute atomic E-state index is 13.2. The normalized spacial score (nSPS) is 14.8. The lowest BCUT2D eigenvalue weighted by Gasteiger charge is -2.29. The summed E-state index contributed by atoms with van der Waals surface area (Å²) in [6.07, 6.45) is 0. The molecule has 0 spiro atoms. The van der Waals surface area contributed by atoms with E-state index in [4.69, 9.17) is 14.5 Å². The minimum Gasteiger partial charge on any atom is -0.484 e. The number of nitrogens with zero attached hydrogens (tertiary/aromatic N) is 3.